The minimum absolute atomic E-state index is 0. The monoisotopic (exact) mass is 495 g/mol. The molecule has 0 atom stereocenters. The molecule has 0 fully saturated rings. The summed E-state index contributed by atoms with van der Waals surface area (Å²) in [7, 11) is 1.68. The summed E-state index contributed by atoms with van der Waals surface area (Å²) in [6, 6.07) is 6.22. The molecule has 0 aliphatic rings. The van der Waals surface area contributed by atoms with Crippen molar-refractivity contribution in [1.29, 1.82) is 0 Å². The van der Waals surface area contributed by atoms with Crippen molar-refractivity contribution in [3.05, 3.63) is 29.3 Å². The molecule has 1 aromatic carbocycles. The topological polar surface area (TPSA) is 54.9 Å². The third-order valence-corrected chi connectivity index (χ3v) is 5.00. The van der Waals surface area contributed by atoms with Crippen LogP contribution in [0.3, 0.4) is 0 Å². The first-order valence-corrected chi connectivity index (χ1v) is 9.93. The van der Waals surface area contributed by atoms with Crippen LogP contribution in [-0.2, 0) is 11.3 Å². The van der Waals surface area contributed by atoms with Crippen LogP contribution in [0.1, 0.15) is 31.9 Å². The first kappa shape index (κ1) is 25.3. The zero-order valence-electron chi connectivity index (χ0n) is 16.8. The van der Waals surface area contributed by atoms with Gasteiger partial charge in [-0.1, -0.05) is 12.1 Å². The maximum absolute atomic E-state index is 5.84. The van der Waals surface area contributed by atoms with Gasteiger partial charge in [0.15, 0.2) is 5.96 Å². The zero-order chi connectivity index (χ0) is 18.7. The predicted octanol–water partition coefficient (Wildman–Crippen LogP) is 3.83. The number of aliphatic imine (C=N–C) groups is 1. The summed E-state index contributed by atoms with van der Waals surface area (Å²) in [6.07, 6.45) is 2.13. The minimum atomic E-state index is 0. The molecule has 0 heterocycles. The van der Waals surface area contributed by atoms with Crippen molar-refractivity contribution in [3.8, 4) is 5.75 Å². The van der Waals surface area contributed by atoms with E-state index in [0.29, 0.717) is 19.8 Å². The Morgan fingerprint density at radius 1 is 1.23 bits per heavy atom. The van der Waals surface area contributed by atoms with E-state index in [1.165, 1.54) is 5.56 Å². The second-order valence-electron chi connectivity index (χ2n) is 6.46. The van der Waals surface area contributed by atoms with Gasteiger partial charge in [0.05, 0.1) is 13.2 Å². The zero-order valence-corrected chi connectivity index (χ0v) is 20.0. The van der Waals surface area contributed by atoms with Crippen LogP contribution in [0.4, 0.5) is 0 Å². The summed E-state index contributed by atoms with van der Waals surface area (Å²) in [4.78, 5) is 4.71. The summed E-state index contributed by atoms with van der Waals surface area (Å²) in [5.74, 6) is 1.70. The lowest BCUT2D eigenvalue weighted by Gasteiger charge is -2.23. The van der Waals surface area contributed by atoms with E-state index < -0.39 is 0 Å². The van der Waals surface area contributed by atoms with Crippen LogP contribution in [0.2, 0.25) is 0 Å². The van der Waals surface area contributed by atoms with Gasteiger partial charge < -0.3 is 20.1 Å². The fourth-order valence-electron chi connectivity index (χ4n) is 2.04. The largest absolute Gasteiger partial charge is 0.491 e. The molecule has 0 unspecified atom stereocenters. The summed E-state index contributed by atoms with van der Waals surface area (Å²) < 4.78 is 11.1. The van der Waals surface area contributed by atoms with Gasteiger partial charge in [-0.05, 0) is 45.6 Å². The highest BCUT2D eigenvalue weighted by Gasteiger charge is 2.16. The van der Waals surface area contributed by atoms with Crippen molar-refractivity contribution in [3.63, 3.8) is 0 Å². The second kappa shape index (κ2) is 13.5. The molecule has 0 saturated carbocycles. The Bertz CT molecular complexity index is 554. The molecule has 26 heavy (non-hydrogen) atoms. The predicted molar refractivity (Wildman–Crippen MR) is 124 cm³/mol. The Balaban J connectivity index is 0.00000625. The minimum Gasteiger partial charge on any atom is -0.491 e. The number of thioether (sulfide) groups is 1. The van der Waals surface area contributed by atoms with Crippen molar-refractivity contribution < 1.29 is 9.47 Å². The van der Waals surface area contributed by atoms with Crippen LogP contribution in [0.5, 0.6) is 5.75 Å². The Morgan fingerprint density at radius 3 is 2.58 bits per heavy atom. The molecule has 2 N–H and O–H groups in total. The maximum atomic E-state index is 5.84. The first-order valence-electron chi connectivity index (χ1n) is 8.70. The van der Waals surface area contributed by atoms with E-state index in [9.17, 15) is 0 Å². The lowest BCUT2D eigenvalue weighted by atomic mass is 10.1. The van der Waals surface area contributed by atoms with Crippen LogP contribution in [0.15, 0.2) is 23.2 Å². The highest BCUT2D eigenvalue weighted by atomic mass is 127. The van der Waals surface area contributed by atoms with Gasteiger partial charge in [-0.2, -0.15) is 11.8 Å². The van der Waals surface area contributed by atoms with Crippen molar-refractivity contribution in [2.75, 3.05) is 39.7 Å². The molecule has 1 aromatic rings. The van der Waals surface area contributed by atoms with Gasteiger partial charge >= 0.3 is 0 Å². The molecule has 0 aromatic heterocycles. The van der Waals surface area contributed by atoms with Gasteiger partial charge in [-0.25, -0.2) is 4.99 Å². The molecule has 150 valence electrons. The van der Waals surface area contributed by atoms with Crippen LogP contribution in [0.25, 0.3) is 0 Å². The fraction of sp³-hybridized carbons (Fsp3) is 0.632. The molecule has 0 aliphatic heterocycles. The van der Waals surface area contributed by atoms with Crippen molar-refractivity contribution in [2.45, 2.75) is 39.0 Å². The summed E-state index contributed by atoms with van der Waals surface area (Å²) >= 11 is 1.84. The van der Waals surface area contributed by atoms with Crippen LogP contribution in [-0.4, -0.2) is 50.4 Å². The van der Waals surface area contributed by atoms with Gasteiger partial charge in [0.1, 0.15) is 12.4 Å². The van der Waals surface area contributed by atoms with Crippen molar-refractivity contribution >= 4 is 41.7 Å². The van der Waals surface area contributed by atoms with Gasteiger partial charge in [0.25, 0.3) is 0 Å². The number of hydrogen-bond acceptors (Lipinski definition) is 4. The number of ether oxygens (including phenoxy) is 2. The molecule has 0 bridgehead atoms. The molecular weight excluding hydrogens is 461 g/mol. The number of halogens is 1. The Morgan fingerprint density at radius 2 is 1.96 bits per heavy atom. The number of hydrogen-bond donors (Lipinski definition) is 2. The Labute approximate surface area is 180 Å². The van der Waals surface area contributed by atoms with Gasteiger partial charge in [0, 0.05) is 30.5 Å². The van der Waals surface area contributed by atoms with Crippen molar-refractivity contribution in [1.82, 2.24) is 10.6 Å². The Hall–Kier alpha value is -0.670. The molecule has 1 rings (SSSR count). The molecule has 5 nitrogen and oxygen atoms in total. The van der Waals surface area contributed by atoms with Crippen LogP contribution < -0.4 is 15.4 Å². The van der Waals surface area contributed by atoms with E-state index in [-0.39, 0.29) is 28.7 Å². The SMILES string of the molecule is CCNC(=NCc1ccc(C)cc1OCCOC)NCC(C)(C)SC.I. The highest BCUT2D eigenvalue weighted by molar-refractivity contribution is 14.0. The molecule has 0 amide bonds. The van der Waals surface area contributed by atoms with Crippen molar-refractivity contribution in [2.24, 2.45) is 4.99 Å². The van der Waals surface area contributed by atoms with E-state index in [2.05, 4.69) is 62.8 Å². The molecule has 7 heteroatoms. The Kier molecular flexibility index (Phi) is 13.1. The second-order valence-corrected chi connectivity index (χ2v) is 7.98. The standard InChI is InChI=1S/C19H33N3O2S.HI/c1-7-20-18(22-14-19(3,4)25-6)21-13-16-9-8-15(2)12-17(16)24-11-10-23-5;/h8-9,12H,7,10-11,13-14H2,1-6H3,(H2,20,21,22);1H. The third kappa shape index (κ3) is 9.87. The molecular formula is C19H34IN3O2S. The lowest BCUT2D eigenvalue weighted by Crippen LogP contribution is -2.43. The molecule has 0 aliphatic carbocycles. The number of guanidine groups is 1. The summed E-state index contributed by atoms with van der Waals surface area (Å²) in [5, 5.41) is 6.72. The van der Waals surface area contributed by atoms with Gasteiger partial charge in [-0.15, -0.1) is 24.0 Å². The third-order valence-electron chi connectivity index (χ3n) is 3.75. The lowest BCUT2D eigenvalue weighted by molar-refractivity contribution is 0.145. The molecule has 0 spiro atoms. The van der Waals surface area contributed by atoms with Gasteiger partial charge in [-0.3, -0.25) is 0 Å². The van der Waals surface area contributed by atoms with E-state index in [1.54, 1.807) is 7.11 Å². The van der Waals surface area contributed by atoms with E-state index in [0.717, 1.165) is 30.4 Å². The first-order chi connectivity index (χ1) is 11.9. The normalized spacial score (nSPS) is 11.7. The maximum Gasteiger partial charge on any atom is 0.191 e. The number of nitrogens with one attached hydrogen (secondary N) is 2. The molecule has 0 saturated heterocycles. The fourth-order valence-corrected chi connectivity index (χ4v) is 2.25. The van der Waals surface area contributed by atoms with E-state index >= 15 is 0 Å². The van der Waals surface area contributed by atoms with Gasteiger partial charge in [0.2, 0.25) is 0 Å². The number of methoxy groups -OCH3 is 1. The summed E-state index contributed by atoms with van der Waals surface area (Å²) in [5.41, 5.74) is 2.25. The highest BCUT2D eigenvalue weighted by Crippen LogP contribution is 2.22. The van der Waals surface area contributed by atoms with Crippen LogP contribution in [0, 0.1) is 6.92 Å². The molecule has 0 radical (unpaired) electrons. The summed E-state index contributed by atoms with van der Waals surface area (Å²) in [6.45, 7) is 11.9. The number of aryl methyl sites for hydroxylation is 1. The number of nitrogens with zero attached hydrogens (tertiary/aromatic N) is 1. The van der Waals surface area contributed by atoms with Crippen LogP contribution >= 0.6 is 35.7 Å². The quantitative estimate of drug-likeness (QED) is 0.224. The average Bonchev–Trinajstić information content (AvgIpc) is 2.59. The average molecular weight is 495 g/mol. The van der Waals surface area contributed by atoms with E-state index in [1.807, 2.05) is 11.8 Å². The number of benzene rings is 1. The van der Waals surface area contributed by atoms with E-state index in [4.69, 9.17) is 14.5 Å². The number of rotatable bonds is 10. The smallest absolute Gasteiger partial charge is 0.191 e.